The molecule has 2 heterocycles. The molecule has 2 aliphatic rings. The Morgan fingerprint density at radius 1 is 1.42 bits per heavy atom. The van der Waals surface area contributed by atoms with E-state index in [2.05, 4.69) is 15.0 Å². The fourth-order valence-electron chi connectivity index (χ4n) is 4.32. The number of terminal acetylenes is 1. The molecule has 2 aromatic rings. The van der Waals surface area contributed by atoms with E-state index >= 15 is 4.39 Å². The van der Waals surface area contributed by atoms with Gasteiger partial charge in [0.1, 0.15) is 5.69 Å². The summed E-state index contributed by atoms with van der Waals surface area (Å²) in [5.74, 6) is -1.15. The Morgan fingerprint density at radius 3 is 2.88 bits per heavy atom. The molecule has 0 saturated heterocycles. The molecule has 172 valence electrons. The minimum atomic E-state index is -2.38. The van der Waals surface area contributed by atoms with Crippen LogP contribution in [0.4, 0.5) is 8.78 Å². The van der Waals surface area contributed by atoms with E-state index in [-0.39, 0.29) is 45.0 Å². The predicted molar refractivity (Wildman–Crippen MR) is 120 cm³/mol. The topological polar surface area (TPSA) is 99.7 Å². The van der Waals surface area contributed by atoms with Crippen LogP contribution < -0.4 is 10.5 Å². The van der Waals surface area contributed by atoms with Gasteiger partial charge < -0.3 is 15.2 Å². The molecule has 3 atom stereocenters. The van der Waals surface area contributed by atoms with Gasteiger partial charge in [-0.1, -0.05) is 17.7 Å². The predicted octanol–water partition coefficient (Wildman–Crippen LogP) is 2.87. The molecule has 1 aliphatic heterocycles. The van der Waals surface area contributed by atoms with E-state index in [1.807, 2.05) is 5.92 Å². The Hall–Kier alpha value is -3.03. The molecular formula is C23H22F2N4O3S. The highest BCUT2D eigenvalue weighted by Gasteiger charge is 2.66. The van der Waals surface area contributed by atoms with Gasteiger partial charge in [0.25, 0.3) is 0 Å². The molecule has 10 heteroatoms. The standard InChI is InChI=1S/C23H22F2N4O3S/c1-4-5-32-19-11-27-16(10-28-19)17(30)8-13-6-14(20(25)15(24)7-13)22(2)18-9-23(18,12-31-3)33-21(26)29-22/h1,6-7,10-11,18H,5,8-9,12H2,2-3H3,(H2,26,29)/t18-,22+,23+/m0/s1/i5D2. The molecule has 0 bridgehead atoms. The Morgan fingerprint density at radius 2 is 2.21 bits per heavy atom. The van der Waals surface area contributed by atoms with E-state index in [1.54, 1.807) is 14.0 Å². The van der Waals surface area contributed by atoms with E-state index in [0.29, 0.717) is 13.0 Å². The van der Waals surface area contributed by atoms with Gasteiger partial charge in [0.2, 0.25) is 5.88 Å². The summed E-state index contributed by atoms with van der Waals surface area (Å²) in [4.78, 5) is 25.0. The van der Waals surface area contributed by atoms with E-state index in [0.717, 1.165) is 18.5 Å². The summed E-state index contributed by atoms with van der Waals surface area (Å²) in [5, 5.41) is 0.270. The van der Waals surface area contributed by atoms with Crippen LogP contribution in [0.2, 0.25) is 0 Å². The van der Waals surface area contributed by atoms with Crippen LogP contribution in [0.3, 0.4) is 0 Å². The molecule has 1 aromatic heterocycles. The van der Waals surface area contributed by atoms with Gasteiger partial charge in [-0.2, -0.15) is 0 Å². The molecule has 0 radical (unpaired) electrons. The fourth-order valence-corrected chi connectivity index (χ4v) is 5.77. The lowest BCUT2D eigenvalue weighted by Gasteiger charge is -2.34. The third-order valence-electron chi connectivity index (χ3n) is 5.87. The van der Waals surface area contributed by atoms with Crippen LogP contribution in [-0.4, -0.2) is 45.9 Å². The van der Waals surface area contributed by atoms with Crippen molar-refractivity contribution in [3.05, 3.63) is 53.0 Å². The van der Waals surface area contributed by atoms with Crippen LogP contribution in [0.5, 0.6) is 5.88 Å². The average molecular weight is 475 g/mol. The molecule has 0 amide bonds. The average Bonchev–Trinajstić information content (AvgIpc) is 3.51. The summed E-state index contributed by atoms with van der Waals surface area (Å²) >= 11 is 1.38. The smallest absolute Gasteiger partial charge is 0.233 e. The van der Waals surface area contributed by atoms with Crippen LogP contribution in [0.25, 0.3) is 0 Å². The van der Waals surface area contributed by atoms with Crippen molar-refractivity contribution in [2.75, 3.05) is 20.3 Å². The van der Waals surface area contributed by atoms with Crippen molar-refractivity contribution in [2.45, 2.75) is 30.1 Å². The summed E-state index contributed by atoms with van der Waals surface area (Å²) in [5.41, 5.74) is 5.13. The normalized spacial score (nSPS) is 26.9. The summed E-state index contributed by atoms with van der Waals surface area (Å²) in [6.45, 7) is -0.272. The lowest BCUT2D eigenvalue weighted by Crippen LogP contribution is -2.38. The molecule has 33 heavy (non-hydrogen) atoms. The minimum absolute atomic E-state index is 0.0258. The highest BCUT2D eigenvalue weighted by atomic mass is 32.2. The number of fused-ring (bicyclic) bond motifs is 1. The second-order valence-electron chi connectivity index (χ2n) is 8.08. The number of nitrogens with zero attached hydrogens (tertiary/aromatic N) is 3. The van der Waals surface area contributed by atoms with Crippen molar-refractivity contribution in [3.63, 3.8) is 0 Å². The molecule has 1 aliphatic carbocycles. The lowest BCUT2D eigenvalue weighted by atomic mass is 9.84. The lowest BCUT2D eigenvalue weighted by molar-refractivity contribution is 0.0987. The van der Waals surface area contributed by atoms with Gasteiger partial charge in [0.05, 0.1) is 32.0 Å². The van der Waals surface area contributed by atoms with Crippen LogP contribution in [0.15, 0.2) is 29.5 Å². The maximum Gasteiger partial charge on any atom is 0.233 e. The second-order valence-corrected chi connectivity index (χ2v) is 9.52. The molecule has 1 aromatic carbocycles. The van der Waals surface area contributed by atoms with Gasteiger partial charge in [-0.15, -0.1) is 6.42 Å². The first-order valence-corrected chi connectivity index (χ1v) is 10.8. The molecule has 0 unspecified atom stereocenters. The number of benzene rings is 1. The fraction of sp³-hybridized carbons (Fsp3) is 0.391. The van der Waals surface area contributed by atoms with Crippen LogP contribution in [-0.2, 0) is 16.7 Å². The van der Waals surface area contributed by atoms with Gasteiger partial charge >= 0.3 is 0 Å². The zero-order valence-electron chi connectivity index (χ0n) is 19.9. The molecular weight excluding hydrogens is 450 g/mol. The number of hydrogen-bond acceptors (Lipinski definition) is 8. The quantitative estimate of drug-likeness (QED) is 0.464. The Balaban J connectivity index is 1.59. The number of ketones is 1. The molecule has 2 N–H and O–H groups in total. The van der Waals surface area contributed by atoms with Gasteiger partial charge in [0.15, 0.2) is 29.1 Å². The highest BCUT2D eigenvalue weighted by molar-refractivity contribution is 8.15. The van der Waals surface area contributed by atoms with Crippen molar-refractivity contribution in [1.82, 2.24) is 9.97 Å². The van der Waals surface area contributed by atoms with Crippen molar-refractivity contribution < 1.29 is 25.8 Å². The number of rotatable bonds is 8. The number of methoxy groups -OCH3 is 1. The van der Waals surface area contributed by atoms with Crippen LogP contribution >= 0.6 is 11.8 Å². The Bertz CT molecular complexity index is 1250. The van der Waals surface area contributed by atoms with Crippen molar-refractivity contribution in [2.24, 2.45) is 16.6 Å². The first kappa shape index (κ1) is 20.6. The van der Waals surface area contributed by atoms with Gasteiger partial charge in [-0.25, -0.2) is 18.7 Å². The summed E-state index contributed by atoms with van der Waals surface area (Å²) < 4.78 is 54.3. The number of aliphatic imine (C=N–C) groups is 1. The third-order valence-corrected chi connectivity index (χ3v) is 7.14. The Labute approximate surface area is 197 Å². The zero-order chi connectivity index (χ0) is 25.6. The monoisotopic (exact) mass is 474 g/mol. The number of carbonyl (C=O) groups excluding carboxylic acids is 1. The number of nitrogens with two attached hydrogens (primary N) is 1. The largest absolute Gasteiger partial charge is 0.463 e. The maximum atomic E-state index is 15.0. The molecule has 4 rings (SSSR count). The van der Waals surface area contributed by atoms with E-state index in [9.17, 15) is 9.18 Å². The van der Waals surface area contributed by atoms with Gasteiger partial charge in [-0.05, 0) is 31.0 Å². The SMILES string of the molecule is [2H]C([2H])(C#C)Oc1cnc(C(=O)Cc2cc(F)c(F)c([C@@]3(C)N=C(N)S[C@@]4(COC)C[C@H]43)c2)cn1. The zero-order valence-corrected chi connectivity index (χ0v) is 18.7. The van der Waals surface area contributed by atoms with Gasteiger partial charge in [-0.3, -0.25) is 9.79 Å². The molecule has 0 spiro atoms. The van der Waals surface area contributed by atoms with E-state index < -0.39 is 29.5 Å². The van der Waals surface area contributed by atoms with Crippen LogP contribution in [0.1, 0.15) is 37.7 Å². The number of halogens is 2. The number of thioether (sulfide) groups is 1. The molecule has 1 fully saturated rings. The third kappa shape index (κ3) is 4.30. The van der Waals surface area contributed by atoms with Crippen molar-refractivity contribution in [1.29, 1.82) is 0 Å². The summed E-state index contributed by atoms with van der Waals surface area (Å²) in [6, 6.07) is 2.40. The first-order valence-electron chi connectivity index (χ1n) is 11.0. The van der Waals surface area contributed by atoms with Gasteiger partial charge in [0, 0.05) is 25.0 Å². The number of ether oxygens (including phenoxy) is 2. The summed E-state index contributed by atoms with van der Waals surface area (Å²) in [6.07, 6.45) is 7.58. The van der Waals surface area contributed by atoms with Crippen molar-refractivity contribution in [3.8, 4) is 18.2 Å². The number of amidine groups is 1. The summed E-state index contributed by atoms with van der Waals surface area (Å²) in [7, 11) is 1.57. The van der Waals surface area contributed by atoms with Crippen molar-refractivity contribution >= 4 is 22.7 Å². The molecule has 1 saturated carbocycles. The highest BCUT2D eigenvalue weighted by Crippen LogP contribution is 2.66. The Kier molecular flexibility index (Phi) is 5.44. The van der Waals surface area contributed by atoms with E-state index in [4.69, 9.17) is 24.4 Å². The number of hydrogen-bond donors (Lipinski definition) is 1. The second kappa shape index (κ2) is 8.72. The van der Waals surface area contributed by atoms with E-state index in [1.165, 1.54) is 17.8 Å². The maximum absolute atomic E-state index is 15.0. The number of aromatic nitrogens is 2. The number of Topliss-reactive ketones (excluding diaryl/α,β-unsaturated/α-hetero) is 1. The van der Waals surface area contributed by atoms with Crippen LogP contribution in [0, 0.1) is 29.9 Å². The molecule has 7 nitrogen and oxygen atoms in total. The minimum Gasteiger partial charge on any atom is -0.463 e. The number of carbonyl (C=O) groups is 1. The first-order chi connectivity index (χ1) is 16.4.